The lowest BCUT2D eigenvalue weighted by atomic mass is 9.95. The van der Waals surface area contributed by atoms with Crippen LogP contribution in [0.5, 0.6) is 11.5 Å². The monoisotopic (exact) mass is 627 g/mol. The summed E-state index contributed by atoms with van der Waals surface area (Å²) in [6, 6.07) is 11.5. The van der Waals surface area contributed by atoms with Crippen LogP contribution in [0, 0.1) is 0 Å². The Kier molecular flexibility index (Phi) is 9.67. The van der Waals surface area contributed by atoms with Crippen LogP contribution in [0.2, 0.25) is 0 Å². The summed E-state index contributed by atoms with van der Waals surface area (Å²) in [7, 11) is 1.42. The second-order valence-corrected chi connectivity index (χ2v) is 10.6. The number of esters is 2. The quantitative estimate of drug-likeness (QED) is 0.120. The Labute approximate surface area is 242 Å². The first kappa shape index (κ1) is 29.0. The van der Waals surface area contributed by atoms with Crippen LogP contribution in [0.4, 0.5) is 5.00 Å². The van der Waals surface area contributed by atoms with Gasteiger partial charge in [0.25, 0.3) is 0 Å². The van der Waals surface area contributed by atoms with Crippen molar-refractivity contribution in [2.45, 2.75) is 32.6 Å². The van der Waals surface area contributed by atoms with Crippen LogP contribution in [0.15, 0.2) is 52.0 Å². The van der Waals surface area contributed by atoms with Crippen molar-refractivity contribution in [3.8, 4) is 11.5 Å². The van der Waals surface area contributed by atoms with Crippen molar-refractivity contribution < 1.29 is 33.4 Å². The minimum Gasteiger partial charge on any atom is -0.493 e. The molecule has 2 aromatic carbocycles. The molecule has 40 heavy (non-hydrogen) atoms. The lowest BCUT2D eigenvalue weighted by Gasteiger charge is -2.12. The normalized spacial score (nSPS) is 12.4. The lowest BCUT2D eigenvalue weighted by Crippen LogP contribution is -2.32. The number of hydrogen-bond acceptors (Lipinski definition) is 9. The number of ether oxygens (including phenoxy) is 3. The zero-order valence-electron chi connectivity index (χ0n) is 21.7. The number of rotatable bonds is 8. The summed E-state index contributed by atoms with van der Waals surface area (Å²) in [5, 5.41) is 6.67. The Morgan fingerprint density at radius 1 is 1.02 bits per heavy atom. The molecule has 0 radical (unpaired) electrons. The largest absolute Gasteiger partial charge is 0.493 e. The Hall–Kier alpha value is -4.03. The molecule has 0 saturated heterocycles. The van der Waals surface area contributed by atoms with Crippen molar-refractivity contribution in [3.63, 3.8) is 0 Å². The Bertz CT molecular complexity index is 1480. The molecule has 1 aliphatic rings. The number of halogens is 1. The second-order valence-electron chi connectivity index (χ2n) is 8.60. The van der Waals surface area contributed by atoms with E-state index in [1.807, 2.05) is 0 Å². The van der Waals surface area contributed by atoms with Crippen LogP contribution >= 0.6 is 27.3 Å². The van der Waals surface area contributed by atoms with Gasteiger partial charge in [0.15, 0.2) is 11.5 Å². The molecular formula is C28H26BrN3O7S. The summed E-state index contributed by atoms with van der Waals surface area (Å²) in [5.41, 5.74) is 4.24. The van der Waals surface area contributed by atoms with E-state index in [0.29, 0.717) is 21.7 Å². The summed E-state index contributed by atoms with van der Waals surface area (Å²) in [4.78, 5) is 51.0. The number of anilines is 1. The van der Waals surface area contributed by atoms with Crippen molar-refractivity contribution in [2.24, 2.45) is 5.10 Å². The fourth-order valence-electron chi connectivity index (χ4n) is 4.07. The minimum atomic E-state index is -1.01. The van der Waals surface area contributed by atoms with Crippen molar-refractivity contribution in [1.29, 1.82) is 0 Å². The molecule has 4 rings (SSSR count). The smallest absolute Gasteiger partial charge is 0.343 e. The van der Waals surface area contributed by atoms with Gasteiger partial charge in [-0.2, -0.15) is 5.10 Å². The SMILES string of the molecule is CCOC(=O)c1c(NC(=O)C(=O)N/N=C\c2ccc(OC(=O)c3cccc(Br)c3)c(OC)c2)sc2c1CCCC2. The number of fused-ring (bicyclic) bond motifs is 1. The summed E-state index contributed by atoms with van der Waals surface area (Å²) < 4.78 is 16.7. The average Bonchev–Trinajstić information content (AvgIpc) is 3.31. The van der Waals surface area contributed by atoms with E-state index in [1.54, 1.807) is 43.3 Å². The summed E-state index contributed by atoms with van der Waals surface area (Å²) in [5.74, 6) is -2.58. The summed E-state index contributed by atoms with van der Waals surface area (Å²) >= 11 is 4.61. The van der Waals surface area contributed by atoms with Crippen LogP contribution in [0.25, 0.3) is 0 Å². The first-order chi connectivity index (χ1) is 19.3. The molecule has 1 aromatic heterocycles. The van der Waals surface area contributed by atoms with Crippen LogP contribution < -0.4 is 20.2 Å². The predicted molar refractivity (Wildman–Crippen MR) is 153 cm³/mol. The molecule has 2 amide bonds. The highest BCUT2D eigenvalue weighted by atomic mass is 79.9. The molecule has 1 aliphatic carbocycles. The molecular weight excluding hydrogens is 602 g/mol. The van der Waals surface area contributed by atoms with E-state index in [2.05, 4.69) is 31.8 Å². The minimum absolute atomic E-state index is 0.198. The first-order valence-corrected chi connectivity index (χ1v) is 14.0. The third-order valence-electron chi connectivity index (χ3n) is 5.91. The number of aryl methyl sites for hydroxylation is 1. The van der Waals surface area contributed by atoms with Gasteiger partial charge < -0.3 is 19.5 Å². The maximum atomic E-state index is 12.6. The predicted octanol–water partition coefficient (Wildman–Crippen LogP) is 4.88. The molecule has 1 heterocycles. The highest BCUT2D eigenvalue weighted by molar-refractivity contribution is 9.10. The molecule has 0 saturated carbocycles. The summed E-state index contributed by atoms with van der Waals surface area (Å²) in [6.45, 7) is 1.91. The summed E-state index contributed by atoms with van der Waals surface area (Å²) in [6.07, 6.45) is 4.78. The standard InChI is InChI=1S/C28H26BrN3O7S/c1-3-38-28(36)23-19-9-4-5-10-22(19)40-26(23)31-24(33)25(34)32-30-15-16-11-12-20(21(13-16)37-2)39-27(35)17-7-6-8-18(29)14-17/h6-8,11-15H,3-5,9-10H2,1-2H3,(H,31,33)(H,32,34)/b30-15-. The van der Waals surface area contributed by atoms with Crippen molar-refractivity contribution >= 4 is 62.2 Å². The molecule has 0 atom stereocenters. The number of methoxy groups -OCH3 is 1. The fraction of sp³-hybridized carbons (Fsp3) is 0.250. The number of thiophene rings is 1. The number of carbonyl (C=O) groups is 4. The molecule has 10 nitrogen and oxygen atoms in total. The fourth-order valence-corrected chi connectivity index (χ4v) is 5.74. The van der Waals surface area contributed by atoms with Crippen molar-refractivity contribution in [2.75, 3.05) is 19.0 Å². The van der Waals surface area contributed by atoms with Crippen LogP contribution in [0.1, 0.15) is 56.5 Å². The van der Waals surface area contributed by atoms with E-state index in [1.165, 1.54) is 30.7 Å². The maximum Gasteiger partial charge on any atom is 0.343 e. The molecule has 0 fully saturated rings. The number of hydrogen-bond donors (Lipinski definition) is 2. The average molecular weight is 629 g/mol. The Morgan fingerprint density at radius 3 is 2.58 bits per heavy atom. The van der Waals surface area contributed by atoms with Gasteiger partial charge in [-0.15, -0.1) is 11.3 Å². The van der Waals surface area contributed by atoms with Gasteiger partial charge in [-0.25, -0.2) is 15.0 Å². The highest BCUT2D eigenvalue weighted by Gasteiger charge is 2.28. The molecule has 12 heteroatoms. The van der Waals surface area contributed by atoms with Gasteiger partial charge in [-0.05, 0) is 80.1 Å². The number of amides is 2. The first-order valence-electron chi connectivity index (χ1n) is 12.4. The van der Waals surface area contributed by atoms with Crippen LogP contribution in [-0.2, 0) is 27.2 Å². The van der Waals surface area contributed by atoms with E-state index < -0.39 is 23.8 Å². The second kappa shape index (κ2) is 13.4. The Balaban J connectivity index is 1.39. The zero-order chi connectivity index (χ0) is 28.6. The van der Waals surface area contributed by atoms with Gasteiger partial charge in [-0.3, -0.25) is 9.59 Å². The molecule has 0 bridgehead atoms. The van der Waals surface area contributed by atoms with E-state index in [0.717, 1.165) is 40.6 Å². The van der Waals surface area contributed by atoms with Crippen LogP contribution in [0.3, 0.4) is 0 Å². The Morgan fingerprint density at radius 2 is 1.82 bits per heavy atom. The molecule has 3 aromatic rings. The van der Waals surface area contributed by atoms with Gasteiger partial charge in [0.05, 0.1) is 31.1 Å². The molecule has 2 N–H and O–H groups in total. The van der Waals surface area contributed by atoms with E-state index in [-0.39, 0.29) is 18.1 Å². The molecule has 0 unspecified atom stereocenters. The molecule has 0 spiro atoms. The van der Waals surface area contributed by atoms with Crippen LogP contribution in [-0.4, -0.2) is 43.7 Å². The lowest BCUT2D eigenvalue weighted by molar-refractivity contribution is -0.136. The zero-order valence-corrected chi connectivity index (χ0v) is 24.1. The van der Waals surface area contributed by atoms with E-state index in [4.69, 9.17) is 14.2 Å². The maximum absolute atomic E-state index is 12.6. The van der Waals surface area contributed by atoms with Crippen molar-refractivity contribution in [3.05, 3.63) is 74.1 Å². The van der Waals surface area contributed by atoms with E-state index in [9.17, 15) is 19.2 Å². The molecule has 0 aliphatic heterocycles. The van der Waals surface area contributed by atoms with E-state index >= 15 is 0 Å². The van der Waals surface area contributed by atoms with Gasteiger partial charge in [-0.1, -0.05) is 22.0 Å². The topological polar surface area (TPSA) is 132 Å². The van der Waals surface area contributed by atoms with Crippen molar-refractivity contribution in [1.82, 2.24) is 5.43 Å². The third kappa shape index (κ3) is 6.93. The number of nitrogens with one attached hydrogen (secondary N) is 2. The van der Waals surface area contributed by atoms with Gasteiger partial charge in [0.1, 0.15) is 5.00 Å². The number of benzene rings is 2. The highest BCUT2D eigenvalue weighted by Crippen LogP contribution is 2.38. The molecule has 208 valence electrons. The number of carbonyl (C=O) groups excluding carboxylic acids is 4. The van der Waals surface area contributed by atoms with Gasteiger partial charge in [0.2, 0.25) is 0 Å². The number of nitrogens with zero attached hydrogens (tertiary/aromatic N) is 1. The van der Waals surface area contributed by atoms with Gasteiger partial charge >= 0.3 is 23.8 Å². The third-order valence-corrected chi connectivity index (χ3v) is 7.62. The number of hydrazone groups is 1. The van der Waals surface area contributed by atoms with Gasteiger partial charge in [0, 0.05) is 9.35 Å².